The van der Waals surface area contributed by atoms with Gasteiger partial charge in [0.25, 0.3) is 10.1 Å². The lowest BCUT2D eigenvalue weighted by molar-refractivity contribution is 0.376. The van der Waals surface area contributed by atoms with Crippen molar-refractivity contribution in [2.45, 2.75) is 37.5 Å². The van der Waals surface area contributed by atoms with Gasteiger partial charge < -0.3 is 4.90 Å². The van der Waals surface area contributed by atoms with E-state index >= 15 is 0 Å². The highest BCUT2D eigenvalue weighted by Gasteiger charge is 2.23. The molecular weight excluding hydrogens is 342 g/mol. The highest BCUT2D eigenvalue weighted by Crippen LogP contribution is 2.26. The zero-order valence-corrected chi connectivity index (χ0v) is 15.3. The largest absolute Gasteiger partial charge is 0.340 e. The average Bonchev–Trinajstić information content (AvgIpc) is 2.98. The molecule has 1 N–H and O–H groups in total. The third kappa shape index (κ3) is 4.16. The van der Waals surface area contributed by atoms with Gasteiger partial charge in [0.15, 0.2) is 0 Å². The van der Waals surface area contributed by atoms with E-state index in [9.17, 15) is 13.0 Å². The van der Waals surface area contributed by atoms with Gasteiger partial charge in [-0.3, -0.25) is 4.55 Å². The van der Waals surface area contributed by atoms with Crippen molar-refractivity contribution in [2.75, 3.05) is 18.0 Å². The van der Waals surface area contributed by atoms with Gasteiger partial charge in [-0.1, -0.05) is 22.8 Å². The summed E-state index contributed by atoms with van der Waals surface area (Å²) >= 11 is 0. The Hall–Kier alpha value is -2.00. The lowest BCUT2D eigenvalue weighted by Crippen LogP contribution is -2.35. The monoisotopic (exact) mass is 365 g/mol. The second kappa shape index (κ2) is 7.09. The van der Waals surface area contributed by atoms with Gasteiger partial charge in [-0.15, -0.1) is 0 Å². The highest BCUT2D eigenvalue weighted by atomic mass is 32.2. The summed E-state index contributed by atoms with van der Waals surface area (Å²) in [6, 6.07) is 5.05. The molecule has 1 aliphatic heterocycles. The number of hydrogen-bond acceptors (Lipinski definition) is 6. The average molecular weight is 365 g/mol. The fourth-order valence-corrected chi connectivity index (χ4v) is 4.16. The van der Waals surface area contributed by atoms with Crippen LogP contribution < -0.4 is 4.90 Å². The molecule has 2 aromatic rings. The summed E-state index contributed by atoms with van der Waals surface area (Å²) < 4.78 is 34.2. The van der Waals surface area contributed by atoms with Crippen molar-refractivity contribution in [1.82, 2.24) is 20.2 Å². The van der Waals surface area contributed by atoms with E-state index in [1.165, 1.54) is 6.07 Å². The van der Waals surface area contributed by atoms with Crippen molar-refractivity contribution in [1.29, 1.82) is 0 Å². The first kappa shape index (κ1) is 17.8. The van der Waals surface area contributed by atoms with Crippen LogP contribution in [0.5, 0.6) is 0 Å². The topological polar surface area (TPSA) is 101 Å². The van der Waals surface area contributed by atoms with E-state index in [1.54, 1.807) is 10.7 Å². The number of tetrazole rings is 1. The van der Waals surface area contributed by atoms with Crippen molar-refractivity contribution in [3.63, 3.8) is 0 Å². The molecule has 1 aromatic heterocycles. The van der Waals surface area contributed by atoms with Crippen molar-refractivity contribution in [3.05, 3.63) is 29.3 Å². The molecule has 0 bridgehead atoms. The molecular formula is C16H23N5O3S. The van der Waals surface area contributed by atoms with E-state index < -0.39 is 10.1 Å². The molecule has 8 nitrogen and oxygen atoms in total. The zero-order chi connectivity index (χ0) is 18.0. The molecule has 2 heterocycles. The normalized spacial score (nSPS) is 16.4. The summed E-state index contributed by atoms with van der Waals surface area (Å²) in [5.74, 6) is 1.30. The molecule has 1 fully saturated rings. The van der Waals surface area contributed by atoms with Gasteiger partial charge in [-0.2, -0.15) is 8.42 Å². The molecule has 1 aliphatic rings. The third-order valence-corrected chi connectivity index (χ3v) is 5.77. The molecule has 3 rings (SSSR count). The Balaban J connectivity index is 1.61. The summed E-state index contributed by atoms with van der Waals surface area (Å²) in [5.41, 5.74) is 1.69. The third-order valence-electron chi connectivity index (χ3n) is 4.81. The SMILES string of the molecule is Cc1ccc(S(=O)(=O)O)c(CCC2CCN(c3nnnn3C)CC2)c1. The molecule has 0 unspecified atom stereocenters. The summed E-state index contributed by atoms with van der Waals surface area (Å²) in [4.78, 5) is 2.20. The van der Waals surface area contributed by atoms with Crippen LogP contribution in [0, 0.1) is 12.8 Å². The second-order valence-electron chi connectivity index (χ2n) is 6.66. The Labute approximate surface area is 147 Å². The first-order valence-electron chi connectivity index (χ1n) is 8.39. The molecule has 0 spiro atoms. The number of anilines is 1. The number of aromatic nitrogens is 4. The molecule has 0 atom stereocenters. The second-order valence-corrected chi connectivity index (χ2v) is 8.05. The predicted molar refractivity (Wildman–Crippen MR) is 93.0 cm³/mol. The number of piperidine rings is 1. The van der Waals surface area contributed by atoms with Gasteiger partial charge in [-0.05, 0) is 60.6 Å². The lowest BCUT2D eigenvalue weighted by Gasteiger charge is -2.32. The fourth-order valence-electron chi connectivity index (χ4n) is 3.43. The molecule has 0 radical (unpaired) electrons. The van der Waals surface area contributed by atoms with Crippen molar-refractivity contribution < 1.29 is 13.0 Å². The number of benzene rings is 1. The number of rotatable bonds is 5. The summed E-state index contributed by atoms with van der Waals surface area (Å²) in [7, 11) is -2.35. The lowest BCUT2D eigenvalue weighted by atomic mass is 9.90. The molecule has 0 aliphatic carbocycles. The van der Waals surface area contributed by atoms with E-state index in [4.69, 9.17) is 0 Å². The minimum Gasteiger partial charge on any atom is -0.340 e. The van der Waals surface area contributed by atoms with E-state index in [0.29, 0.717) is 17.9 Å². The van der Waals surface area contributed by atoms with Crippen LogP contribution in [0.1, 0.15) is 30.4 Å². The van der Waals surface area contributed by atoms with Crippen LogP contribution in [0.15, 0.2) is 23.1 Å². The molecule has 9 heteroatoms. The molecule has 1 aromatic carbocycles. The zero-order valence-electron chi connectivity index (χ0n) is 14.5. The quantitative estimate of drug-likeness (QED) is 0.803. The molecule has 0 amide bonds. The first-order valence-corrected chi connectivity index (χ1v) is 9.83. The summed E-state index contributed by atoms with van der Waals surface area (Å²) in [6.07, 6.45) is 3.57. The Morgan fingerprint density at radius 2 is 2.00 bits per heavy atom. The van der Waals surface area contributed by atoms with Crippen LogP contribution >= 0.6 is 0 Å². The maximum Gasteiger partial charge on any atom is 0.294 e. The number of hydrogen-bond donors (Lipinski definition) is 1. The van der Waals surface area contributed by atoms with Gasteiger partial charge in [0.1, 0.15) is 0 Å². The van der Waals surface area contributed by atoms with E-state index in [1.807, 2.05) is 20.0 Å². The van der Waals surface area contributed by atoms with E-state index in [0.717, 1.165) is 43.9 Å². The summed E-state index contributed by atoms with van der Waals surface area (Å²) in [5, 5.41) is 11.6. The number of aryl methyl sites for hydroxylation is 3. The van der Waals surface area contributed by atoms with E-state index in [-0.39, 0.29) is 4.90 Å². The Morgan fingerprint density at radius 3 is 2.60 bits per heavy atom. The van der Waals surface area contributed by atoms with Gasteiger partial charge in [0.05, 0.1) is 4.90 Å². The molecule has 1 saturated heterocycles. The van der Waals surface area contributed by atoms with Crippen LogP contribution in [0.2, 0.25) is 0 Å². The summed E-state index contributed by atoms with van der Waals surface area (Å²) in [6.45, 7) is 3.69. The van der Waals surface area contributed by atoms with Crippen LogP contribution in [0.4, 0.5) is 5.95 Å². The van der Waals surface area contributed by atoms with Gasteiger partial charge >= 0.3 is 0 Å². The van der Waals surface area contributed by atoms with Crippen LogP contribution in [0.3, 0.4) is 0 Å². The van der Waals surface area contributed by atoms with E-state index in [2.05, 4.69) is 20.4 Å². The standard InChI is InChI=1S/C16H23N5O3S/c1-12-3-6-15(25(22,23)24)14(11-12)5-4-13-7-9-21(10-8-13)16-17-18-19-20(16)2/h3,6,11,13H,4-5,7-10H2,1-2H3,(H,22,23,24). The maximum atomic E-state index is 11.6. The molecule has 136 valence electrons. The Kier molecular flexibility index (Phi) is 5.05. The van der Waals surface area contributed by atoms with Crippen molar-refractivity contribution >= 4 is 16.1 Å². The first-order chi connectivity index (χ1) is 11.8. The van der Waals surface area contributed by atoms with Gasteiger partial charge in [0.2, 0.25) is 5.95 Å². The van der Waals surface area contributed by atoms with Crippen LogP contribution in [0.25, 0.3) is 0 Å². The van der Waals surface area contributed by atoms with Gasteiger partial charge in [0, 0.05) is 20.1 Å². The van der Waals surface area contributed by atoms with Crippen molar-refractivity contribution in [2.24, 2.45) is 13.0 Å². The molecule has 25 heavy (non-hydrogen) atoms. The fraction of sp³-hybridized carbons (Fsp3) is 0.562. The Morgan fingerprint density at radius 1 is 1.28 bits per heavy atom. The number of nitrogens with zero attached hydrogens (tertiary/aromatic N) is 5. The van der Waals surface area contributed by atoms with Gasteiger partial charge in [-0.25, -0.2) is 4.68 Å². The Bertz CT molecular complexity index is 841. The smallest absolute Gasteiger partial charge is 0.294 e. The molecule has 0 saturated carbocycles. The predicted octanol–water partition coefficient (Wildman–Crippen LogP) is 1.61. The maximum absolute atomic E-state index is 11.6. The minimum absolute atomic E-state index is 0.0284. The highest BCUT2D eigenvalue weighted by molar-refractivity contribution is 7.85. The van der Waals surface area contributed by atoms with Crippen molar-refractivity contribution in [3.8, 4) is 0 Å². The minimum atomic E-state index is -4.18. The van der Waals surface area contributed by atoms with Crippen LogP contribution in [-0.2, 0) is 23.6 Å². The van der Waals surface area contributed by atoms with Crippen LogP contribution in [-0.4, -0.2) is 46.3 Å².